The fourth-order valence-electron chi connectivity index (χ4n) is 12.5. The average molecular weight is 1370 g/mol. The number of carbonyl (C=O) groups excluding carboxylic acids is 11. The first-order valence-electron chi connectivity index (χ1n) is 34.1. The van der Waals surface area contributed by atoms with E-state index in [0.717, 1.165) is 69.0 Å². The summed E-state index contributed by atoms with van der Waals surface area (Å²) in [6.45, 7) is 9.42. The minimum Gasteiger partial charge on any atom is -0.497 e. The van der Waals surface area contributed by atoms with Gasteiger partial charge in [0.05, 0.1) is 20.2 Å². The Morgan fingerprint density at radius 3 is 2.32 bits per heavy atom. The summed E-state index contributed by atoms with van der Waals surface area (Å²) in [7, 11) is 1.56. The van der Waals surface area contributed by atoms with Gasteiger partial charge in [0.1, 0.15) is 41.8 Å². The second kappa shape index (κ2) is 36.1. The van der Waals surface area contributed by atoms with Crippen LogP contribution in [0.1, 0.15) is 125 Å². The number of carbonyl (C=O) groups is 11. The van der Waals surface area contributed by atoms with E-state index < -0.39 is 91.1 Å². The van der Waals surface area contributed by atoms with E-state index >= 15 is 0 Å². The average Bonchev–Trinajstić information content (AvgIpc) is 1.70. The molecule has 99 heavy (non-hydrogen) atoms. The van der Waals surface area contributed by atoms with Gasteiger partial charge >= 0.3 is 6.03 Å². The predicted molar refractivity (Wildman–Crippen MR) is 366 cm³/mol. The molecule has 3 aliphatic rings. The van der Waals surface area contributed by atoms with Crippen molar-refractivity contribution in [1.29, 1.82) is 0 Å². The van der Waals surface area contributed by atoms with Gasteiger partial charge in [-0.05, 0) is 130 Å². The number of nitrogens with one attached hydrogen (secondary N) is 8. The molecule has 532 valence electrons. The smallest absolute Gasteiger partial charge is 0.338 e. The van der Waals surface area contributed by atoms with Crippen LogP contribution >= 0.6 is 0 Å². The molecule has 6 atom stereocenters. The molecule has 5 aromatic rings. The maximum absolute atomic E-state index is 14.1. The highest BCUT2D eigenvalue weighted by Crippen LogP contribution is 2.31. The van der Waals surface area contributed by atoms with Gasteiger partial charge in [-0.15, -0.1) is 0 Å². The Labute approximate surface area is 576 Å². The number of methoxy groups -OCH3 is 1. The second-order valence-electron chi connectivity index (χ2n) is 25.8. The normalized spacial score (nSPS) is 18.2. The second-order valence-corrected chi connectivity index (χ2v) is 25.8. The first-order chi connectivity index (χ1) is 47.5. The fourth-order valence-corrected chi connectivity index (χ4v) is 12.5. The highest BCUT2D eigenvalue weighted by Gasteiger charge is 2.47. The molecular weight excluding hydrogens is 1270 g/mol. The number of unbranched alkanes of at least 4 members (excludes halogenated alkanes) is 3. The Kier molecular flexibility index (Phi) is 27.3. The SMILES string of the molecule is CCC(C)NC(=O)N1[C@@H]2CCN1C(=O)CNC(=O)[C@@H](NC(=O)CNC(=O)[C@H](C)NC(=O)CCC(=O)N(CCCCCCn1cc(C)c3cc(F)ccc31)Cc1ccc(CCNC(=O)[C@]3(C)CCCN3C(=O)[C@H](Cc3ccc(OC)cc3)NC=O)cc1)Cc1cccc(c1)CNC(=O)CO2. The van der Waals surface area contributed by atoms with Crippen molar-refractivity contribution in [3.8, 4) is 5.75 Å². The van der Waals surface area contributed by atoms with Crippen LogP contribution in [0.15, 0.2) is 97.2 Å². The number of hydrazine groups is 1. The molecule has 4 bridgehead atoms. The Morgan fingerprint density at radius 1 is 0.838 bits per heavy atom. The number of aromatic nitrogens is 1. The Morgan fingerprint density at radius 2 is 1.58 bits per heavy atom. The zero-order valence-corrected chi connectivity index (χ0v) is 57.4. The van der Waals surface area contributed by atoms with Gasteiger partial charge in [0.25, 0.3) is 5.91 Å². The summed E-state index contributed by atoms with van der Waals surface area (Å²) in [6.07, 6.45) is 6.84. The lowest BCUT2D eigenvalue weighted by atomic mass is 9.95. The van der Waals surface area contributed by atoms with E-state index in [-0.39, 0.29) is 87.9 Å². The highest BCUT2D eigenvalue weighted by molar-refractivity contribution is 5.96. The van der Waals surface area contributed by atoms with Crippen molar-refractivity contribution >= 4 is 76.5 Å². The summed E-state index contributed by atoms with van der Waals surface area (Å²) in [6, 6.07) is 22.5. The lowest BCUT2D eigenvalue weighted by Crippen LogP contribution is -2.59. The molecule has 2 fully saturated rings. The highest BCUT2D eigenvalue weighted by atomic mass is 19.1. The van der Waals surface area contributed by atoms with Crippen LogP contribution in [-0.2, 0) is 91.6 Å². The largest absolute Gasteiger partial charge is 0.497 e. The zero-order chi connectivity index (χ0) is 71.2. The van der Waals surface area contributed by atoms with E-state index in [9.17, 15) is 57.1 Å². The number of amides is 12. The van der Waals surface area contributed by atoms with Gasteiger partial charge in [-0.1, -0.05) is 80.4 Å². The third-order valence-electron chi connectivity index (χ3n) is 18.4. The molecule has 12 amide bonds. The van der Waals surface area contributed by atoms with E-state index in [0.29, 0.717) is 68.5 Å². The molecule has 3 aliphatic heterocycles. The van der Waals surface area contributed by atoms with Crippen molar-refractivity contribution < 1.29 is 66.6 Å². The van der Waals surface area contributed by atoms with Crippen LogP contribution < -0.4 is 47.3 Å². The molecule has 4 heterocycles. The minimum atomic E-state index is -1.26. The lowest BCUT2D eigenvalue weighted by Gasteiger charge is -2.36. The molecule has 27 heteroatoms. The summed E-state index contributed by atoms with van der Waals surface area (Å²) in [5.41, 5.74) is 4.67. The summed E-state index contributed by atoms with van der Waals surface area (Å²) >= 11 is 0. The molecule has 8 N–H and O–H groups in total. The first kappa shape index (κ1) is 74.9. The maximum Gasteiger partial charge on any atom is 0.338 e. The van der Waals surface area contributed by atoms with Crippen LogP contribution in [-0.4, -0.2) is 179 Å². The fraction of sp³-hybridized carbons (Fsp3) is 0.486. The number of likely N-dealkylation sites (tertiary alicyclic amines) is 1. The molecule has 8 rings (SSSR count). The Balaban J connectivity index is 0.836. The van der Waals surface area contributed by atoms with E-state index in [1.165, 1.54) is 13.0 Å². The standard InChI is InChI=1S/C72H94FN13O13/c1-7-48(3)79-71(97)86-66-29-35-85(86)65(92)42-77-68(94)58(38-53-14-12-15-54(36-53)40-75-63(90)45-99-66)81-62(89)41-76-67(93)49(4)80-61(88)26-27-64(91)83(33-11-9-8-10-32-82-43-47(2)57-39-55(73)22-25-60(57)82)44-52-18-16-50(17-19-52)28-31-74-70(96)72(5)30-13-34-84(72)69(95)59(78-46-87)37-51-20-23-56(98-6)24-21-51/h12,14-25,36,39,43,46,48-49,58-59,66H,7-11,13,26-35,37-38,40-42,44-45H2,1-6H3,(H,74,96)(H,75,90)(H,76,93)(H,77,94)(H,78,87)(H,79,97)(H,80,88)(H,81,89)/t48?,49-,58-,59-,66-,72-/m0/s1. The van der Waals surface area contributed by atoms with E-state index in [4.69, 9.17) is 9.47 Å². The van der Waals surface area contributed by atoms with Gasteiger partial charge in [0.15, 0.2) is 6.23 Å². The van der Waals surface area contributed by atoms with Crippen molar-refractivity contribution in [2.24, 2.45) is 0 Å². The van der Waals surface area contributed by atoms with Crippen molar-refractivity contribution in [2.75, 3.05) is 53.0 Å². The molecule has 26 nitrogen and oxygen atoms in total. The van der Waals surface area contributed by atoms with Crippen LogP contribution in [0.25, 0.3) is 10.9 Å². The number of nitrogens with zero attached hydrogens (tertiary/aromatic N) is 5. The molecular formula is C72H94FN13O13. The van der Waals surface area contributed by atoms with Gasteiger partial charge in [0.2, 0.25) is 53.7 Å². The van der Waals surface area contributed by atoms with E-state index in [2.05, 4.69) is 47.1 Å². The predicted octanol–water partition coefficient (Wildman–Crippen LogP) is 4.26. The Hall–Kier alpha value is -9.92. The zero-order valence-electron chi connectivity index (χ0n) is 57.4. The van der Waals surface area contributed by atoms with Gasteiger partial charge in [-0.2, -0.15) is 0 Å². The van der Waals surface area contributed by atoms with E-state index in [1.807, 2.05) is 56.4 Å². The molecule has 2 saturated heterocycles. The van der Waals surface area contributed by atoms with Gasteiger partial charge < -0.3 is 66.4 Å². The maximum atomic E-state index is 14.1. The number of ether oxygens (including phenoxy) is 2. The van der Waals surface area contributed by atoms with Crippen LogP contribution in [0.2, 0.25) is 0 Å². The molecule has 0 spiro atoms. The molecule has 0 saturated carbocycles. The molecule has 1 unspecified atom stereocenters. The molecule has 1 aromatic heterocycles. The van der Waals surface area contributed by atoms with Crippen molar-refractivity contribution in [3.63, 3.8) is 0 Å². The third-order valence-corrected chi connectivity index (χ3v) is 18.4. The number of aryl methyl sites for hydroxylation is 2. The molecule has 4 aromatic carbocycles. The van der Waals surface area contributed by atoms with Crippen LogP contribution in [0.5, 0.6) is 5.75 Å². The number of fused-ring (bicyclic) bond motifs is 5. The van der Waals surface area contributed by atoms with Crippen LogP contribution in [0.4, 0.5) is 9.18 Å². The number of halogens is 1. The molecule has 0 aliphatic carbocycles. The number of hydrogen-bond acceptors (Lipinski definition) is 13. The van der Waals surface area contributed by atoms with Crippen molar-refractivity contribution in [1.82, 2.24) is 66.9 Å². The number of hydrogen-bond donors (Lipinski definition) is 8. The Bertz CT molecular complexity index is 3680. The van der Waals surface area contributed by atoms with Crippen molar-refractivity contribution in [2.45, 2.75) is 174 Å². The number of rotatable bonds is 29. The van der Waals surface area contributed by atoms with Crippen LogP contribution in [0.3, 0.4) is 0 Å². The monoisotopic (exact) mass is 1370 g/mol. The van der Waals surface area contributed by atoms with Gasteiger partial charge in [-0.3, -0.25) is 47.9 Å². The van der Waals surface area contributed by atoms with Crippen LogP contribution in [0, 0.1) is 12.7 Å². The summed E-state index contributed by atoms with van der Waals surface area (Å²) in [5.74, 6) is -4.47. The third kappa shape index (κ3) is 21.1. The lowest BCUT2D eigenvalue weighted by molar-refractivity contribution is -0.152. The van der Waals surface area contributed by atoms with E-state index in [1.54, 1.807) is 79.3 Å². The topological polar surface area (TPSA) is 320 Å². The number of urea groups is 1. The summed E-state index contributed by atoms with van der Waals surface area (Å²) in [5, 5.41) is 24.8. The number of benzene rings is 4. The minimum absolute atomic E-state index is 0.0524. The van der Waals surface area contributed by atoms with Gasteiger partial charge in [0, 0.05) is 101 Å². The molecule has 0 radical (unpaired) electrons. The first-order valence-corrected chi connectivity index (χ1v) is 34.1. The summed E-state index contributed by atoms with van der Waals surface area (Å²) < 4.78 is 27.3. The quantitative estimate of drug-likeness (QED) is 0.0246. The summed E-state index contributed by atoms with van der Waals surface area (Å²) in [4.78, 5) is 151. The van der Waals surface area contributed by atoms with Gasteiger partial charge in [-0.25, -0.2) is 19.2 Å². The van der Waals surface area contributed by atoms with Crippen molar-refractivity contribution in [3.05, 3.63) is 136 Å².